The molecule has 0 bridgehead atoms. The van der Waals surface area contributed by atoms with Crippen LogP contribution in [0.2, 0.25) is 0 Å². The van der Waals surface area contributed by atoms with E-state index in [-0.39, 0.29) is 22.3 Å². The summed E-state index contributed by atoms with van der Waals surface area (Å²) in [5.74, 6) is -1.04. The average molecular weight is 615 g/mol. The highest BCUT2D eigenvalue weighted by Crippen LogP contribution is 2.50. The molecular formula is C32H30N4O9. The van der Waals surface area contributed by atoms with Crippen LogP contribution in [0.3, 0.4) is 0 Å². The fraction of sp³-hybridized carbons (Fsp3) is 0.250. The zero-order valence-electron chi connectivity index (χ0n) is 25.4. The predicted octanol–water partition coefficient (Wildman–Crippen LogP) is 9.04. The maximum atomic E-state index is 12.5. The van der Waals surface area contributed by atoms with Gasteiger partial charge in [0.05, 0.1) is 19.7 Å². The Balaban J connectivity index is 2.03. The van der Waals surface area contributed by atoms with Gasteiger partial charge in [-0.3, -0.25) is 40.5 Å². The predicted molar refractivity (Wildman–Crippen MR) is 168 cm³/mol. The summed E-state index contributed by atoms with van der Waals surface area (Å²) in [6, 6.07) is 17.0. The second kappa shape index (κ2) is 11.8. The lowest BCUT2D eigenvalue weighted by Gasteiger charge is -2.20. The third kappa shape index (κ3) is 6.47. The largest absolute Gasteiger partial charge is 0.443 e. The first kappa shape index (κ1) is 32.2. The van der Waals surface area contributed by atoms with Gasteiger partial charge in [-0.1, -0.05) is 90.1 Å². The van der Waals surface area contributed by atoms with Crippen LogP contribution in [0.15, 0.2) is 72.8 Å². The lowest BCUT2D eigenvalue weighted by atomic mass is 9.85. The second-order valence-electron chi connectivity index (χ2n) is 12.4. The maximum absolute atomic E-state index is 12.5. The van der Waals surface area contributed by atoms with Crippen LogP contribution in [0.25, 0.3) is 22.3 Å². The fourth-order valence-corrected chi connectivity index (χ4v) is 4.92. The van der Waals surface area contributed by atoms with Crippen LogP contribution >= 0.6 is 0 Å². The molecular weight excluding hydrogens is 584 g/mol. The molecule has 13 heteroatoms. The minimum atomic E-state index is -0.855. The smallest absolute Gasteiger partial charge is 0.326 e. The van der Waals surface area contributed by atoms with Gasteiger partial charge in [-0.15, -0.1) is 0 Å². The molecule has 4 aromatic carbocycles. The molecule has 4 aromatic rings. The van der Waals surface area contributed by atoms with Gasteiger partial charge in [0.15, 0.2) is 0 Å². The molecule has 0 unspecified atom stereocenters. The molecule has 0 heterocycles. The molecule has 0 spiro atoms. The molecule has 13 nitrogen and oxygen atoms in total. The van der Waals surface area contributed by atoms with E-state index < -0.39 is 64.8 Å². The van der Waals surface area contributed by atoms with Gasteiger partial charge in [-0.05, 0) is 45.2 Å². The van der Waals surface area contributed by atoms with Crippen molar-refractivity contribution in [2.45, 2.75) is 52.4 Å². The highest BCUT2D eigenvalue weighted by Gasteiger charge is 2.36. The van der Waals surface area contributed by atoms with E-state index in [9.17, 15) is 40.5 Å². The molecule has 0 aliphatic rings. The number of nitro benzene ring substituents is 4. The summed E-state index contributed by atoms with van der Waals surface area (Å²) in [7, 11) is 0. The first-order valence-electron chi connectivity index (χ1n) is 13.7. The summed E-state index contributed by atoms with van der Waals surface area (Å²) in [5, 5.41) is 49.2. The van der Waals surface area contributed by atoms with E-state index in [0.29, 0.717) is 0 Å². The summed E-state index contributed by atoms with van der Waals surface area (Å²) >= 11 is 0. The third-order valence-electron chi connectivity index (χ3n) is 7.25. The number of ether oxygens (including phenoxy) is 1. The minimum Gasteiger partial charge on any atom is -0.443 e. The van der Waals surface area contributed by atoms with Crippen LogP contribution < -0.4 is 4.74 Å². The van der Waals surface area contributed by atoms with Crippen molar-refractivity contribution in [1.29, 1.82) is 0 Å². The van der Waals surface area contributed by atoms with E-state index in [2.05, 4.69) is 0 Å². The molecule has 0 aromatic heterocycles. The van der Waals surface area contributed by atoms with Crippen molar-refractivity contribution >= 4 is 22.7 Å². The molecule has 4 rings (SSSR count). The number of hydrogen-bond acceptors (Lipinski definition) is 9. The summed E-state index contributed by atoms with van der Waals surface area (Å²) in [5.41, 5.74) is -2.37. The molecule has 0 fully saturated rings. The van der Waals surface area contributed by atoms with Gasteiger partial charge in [0, 0.05) is 12.1 Å². The SMILES string of the molecule is CC(C)(C)c1cccc(-c2c([N+](=O)[O-])ccc(Oc3ccc([N+](=O)[O-])c(-c4cccc(C(C)(C)C)c4)c3[N+](=O)[O-])c2[N+](=O)[O-])c1. The van der Waals surface area contributed by atoms with Crippen LogP contribution in [0.4, 0.5) is 22.7 Å². The molecule has 45 heavy (non-hydrogen) atoms. The Kier molecular flexibility index (Phi) is 8.41. The van der Waals surface area contributed by atoms with Crippen molar-refractivity contribution in [3.05, 3.63) is 124 Å². The minimum absolute atomic E-state index is 0.171. The summed E-state index contributed by atoms with van der Waals surface area (Å²) in [6.07, 6.45) is 0. The van der Waals surface area contributed by atoms with Gasteiger partial charge in [-0.25, -0.2) is 0 Å². The normalized spacial score (nSPS) is 11.6. The van der Waals surface area contributed by atoms with Crippen molar-refractivity contribution in [3.8, 4) is 33.8 Å². The van der Waals surface area contributed by atoms with Crippen LogP contribution in [-0.2, 0) is 10.8 Å². The van der Waals surface area contributed by atoms with Crippen LogP contribution in [0.5, 0.6) is 11.5 Å². The molecule has 0 amide bonds. The summed E-state index contributed by atoms with van der Waals surface area (Å²) in [6.45, 7) is 11.5. The van der Waals surface area contributed by atoms with E-state index in [1.54, 1.807) is 36.4 Å². The molecule has 0 saturated heterocycles. The van der Waals surface area contributed by atoms with Gasteiger partial charge in [0.25, 0.3) is 11.4 Å². The second-order valence-corrected chi connectivity index (χ2v) is 12.4. The summed E-state index contributed by atoms with van der Waals surface area (Å²) < 4.78 is 5.82. The number of benzene rings is 4. The quantitative estimate of drug-likeness (QED) is 0.138. The highest BCUT2D eigenvalue weighted by molar-refractivity contribution is 5.88. The zero-order chi connectivity index (χ0) is 33.4. The van der Waals surface area contributed by atoms with Gasteiger partial charge < -0.3 is 4.74 Å². The zero-order valence-corrected chi connectivity index (χ0v) is 25.4. The topological polar surface area (TPSA) is 182 Å². The van der Waals surface area contributed by atoms with Crippen molar-refractivity contribution < 1.29 is 24.4 Å². The fourth-order valence-electron chi connectivity index (χ4n) is 4.92. The highest BCUT2D eigenvalue weighted by atomic mass is 16.6. The lowest BCUT2D eigenvalue weighted by Crippen LogP contribution is -2.11. The van der Waals surface area contributed by atoms with E-state index in [1.807, 2.05) is 41.5 Å². The Morgan fingerprint density at radius 2 is 0.867 bits per heavy atom. The Morgan fingerprint density at radius 1 is 0.511 bits per heavy atom. The molecule has 232 valence electrons. The Labute approximate surface area is 257 Å². The van der Waals surface area contributed by atoms with Crippen molar-refractivity contribution in [1.82, 2.24) is 0 Å². The monoisotopic (exact) mass is 614 g/mol. The van der Waals surface area contributed by atoms with Gasteiger partial charge >= 0.3 is 11.4 Å². The summed E-state index contributed by atoms with van der Waals surface area (Å²) in [4.78, 5) is 45.9. The first-order chi connectivity index (χ1) is 20.9. The Morgan fingerprint density at radius 3 is 1.16 bits per heavy atom. The molecule has 0 aliphatic heterocycles. The molecule has 0 aliphatic carbocycles. The molecule has 0 radical (unpaired) electrons. The van der Waals surface area contributed by atoms with Gasteiger partial charge in [0.2, 0.25) is 11.5 Å². The first-order valence-corrected chi connectivity index (χ1v) is 13.7. The number of nitro groups is 4. The van der Waals surface area contributed by atoms with Gasteiger partial charge in [-0.2, -0.15) is 0 Å². The average Bonchev–Trinajstić information content (AvgIpc) is 2.95. The van der Waals surface area contributed by atoms with Gasteiger partial charge in [0.1, 0.15) is 11.1 Å². The maximum Gasteiger partial charge on any atom is 0.326 e. The Hall–Kier alpha value is -5.72. The molecule has 0 atom stereocenters. The third-order valence-corrected chi connectivity index (χ3v) is 7.25. The lowest BCUT2D eigenvalue weighted by molar-refractivity contribution is -0.394. The van der Waals surface area contributed by atoms with Crippen LogP contribution in [0, 0.1) is 40.5 Å². The molecule has 0 saturated carbocycles. The number of rotatable bonds is 8. The molecule has 0 N–H and O–H groups in total. The van der Waals surface area contributed by atoms with E-state index >= 15 is 0 Å². The van der Waals surface area contributed by atoms with Crippen molar-refractivity contribution in [2.75, 3.05) is 0 Å². The standard InChI is InChI=1S/C32H30N4O9/c1-31(2,3)21-11-7-9-19(17-21)27-23(33(37)38)13-15-25(29(27)35(41)42)45-26-16-14-24(34(39)40)28(30(26)36(43)44)20-10-8-12-22(18-20)32(4,5)6/h7-18H,1-6H3. The van der Waals surface area contributed by atoms with E-state index in [4.69, 9.17) is 4.74 Å². The van der Waals surface area contributed by atoms with E-state index in [1.165, 1.54) is 12.1 Å². The van der Waals surface area contributed by atoms with Crippen molar-refractivity contribution in [2.24, 2.45) is 0 Å². The van der Waals surface area contributed by atoms with E-state index in [0.717, 1.165) is 35.4 Å². The van der Waals surface area contributed by atoms with Crippen molar-refractivity contribution in [3.63, 3.8) is 0 Å². The van der Waals surface area contributed by atoms with Crippen LogP contribution in [0.1, 0.15) is 52.7 Å². The number of nitrogens with zero attached hydrogens (tertiary/aromatic N) is 4. The van der Waals surface area contributed by atoms with Crippen LogP contribution in [-0.4, -0.2) is 19.7 Å². The Bertz CT molecular complexity index is 1740. The number of hydrogen-bond donors (Lipinski definition) is 0.